The molecule has 3 aromatic carbocycles. The number of nitrogen functional groups attached to an aromatic ring is 1. The Balaban J connectivity index is 1.59. The first-order valence-electron chi connectivity index (χ1n) is 10.5. The number of ether oxygens (including phenoxy) is 2. The highest BCUT2D eigenvalue weighted by Gasteiger charge is 2.49. The summed E-state index contributed by atoms with van der Waals surface area (Å²) < 4.78 is 12.8. The highest BCUT2D eigenvalue weighted by atomic mass is 16.5. The molecule has 158 valence electrons. The van der Waals surface area contributed by atoms with Crippen molar-refractivity contribution in [3.05, 3.63) is 82.9 Å². The van der Waals surface area contributed by atoms with E-state index in [2.05, 4.69) is 17.4 Å². The number of benzene rings is 3. The highest BCUT2D eigenvalue weighted by molar-refractivity contribution is 5.91. The van der Waals surface area contributed by atoms with Gasteiger partial charge in [-0.3, -0.25) is 4.79 Å². The largest absolute Gasteiger partial charge is 0.456 e. The minimum Gasteiger partial charge on any atom is -0.456 e. The molecule has 5 rings (SSSR count). The van der Waals surface area contributed by atoms with E-state index in [1.54, 1.807) is 0 Å². The molecule has 2 aliphatic heterocycles. The lowest BCUT2D eigenvalue weighted by molar-refractivity contribution is -0.116. The third-order valence-corrected chi connectivity index (χ3v) is 5.92. The van der Waals surface area contributed by atoms with Crippen molar-refractivity contribution in [1.29, 1.82) is 0 Å². The van der Waals surface area contributed by atoms with Gasteiger partial charge in [0, 0.05) is 47.1 Å². The van der Waals surface area contributed by atoms with Crippen molar-refractivity contribution < 1.29 is 14.3 Å². The molecule has 31 heavy (non-hydrogen) atoms. The van der Waals surface area contributed by atoms with E-state index in [1.165, 1.54) is 0 Å². The summed E-state index contributed by atoms with van der Waals surface area (Å²) in [6.07, 6.45) is 1.00. The molecule has 0 aliphatic carbocycles. The average molecular weight is 415 g/mol. The fraction of sp³-hybridized carbons (Fsp3) is 0.240. The first-order valence-corrected chi connectivity index (χ1v) is 10.5. The van der Waals surface area contributed by atoms with Crippen molar-refractivity contribution in [1.82, 2.24) is 0 Å². The number of nitrogens with one attached hydrogen (secondary N) is 1. The Morgan fingerprint density at radius 2 is 1.81 bits per heavy atom. The van der Waals surface area contributed by atoms with Crippen LogP contribution in [0, 0.1) is 0 Å². The van der Waals surface area contributed by atoms with Gasteiger partial charge in [-0.25, -0.2) is 0 Å². The Hall–Kier alpha value is -3.35. The number of carbonyl (C=O) groups is 1. The van der Waals surface area contributed by atoms with Crippen molar-refractivity contribution >= 4 is 17.3 Å². The minimum atomic E-state index is -0.773. The van der Waals surface area contributed by atoms with Gasteiger partial charge in [0.25, 0.3) is 0 Å². The molecule has 5 N–H and O–H groups in total. The molecule has 1 amide bonds. The maximum absolute atomic E-state index is 12.3. The maximum Gasteiger partial charge on any atom is 0.224 e. The van der Waals surface area contributed by atoms with Crippen LogP contribution in [0.1, 0.15) is 42.0 Å². The van der Waals surface area contributed by atoms with E-state index in [0.29, 0.717) is 42.3 Å². The van der Waals surface area contributed by atoms with Crippen LogP contribution in [-0.4, -0.2) is 11.9 Å². The van der Waals surface area contributed by atoms with Crippen molar-refractivity contribution in [3.63, 3.8) is 0 Å². The van der Waals surface area contributed by atoms with E-state index in [1.807, 2.05) is 55.5 Å². The van der Waals surface area contributed by atoms with Gasteiger partial charge in [0.15, 0.2) is 5.60 Å². The summed E-state index contributed by atoms with van der Waals surface area (Å²) in [5, 5.41) is 2.94. The van der Waals surface area contributed by atoms with Crippen LogP contribution in [0.15, 0.2) is 60.7 Å². The molecule has 6 heteroatoms. The molecule has 2 unspecified atom stereocenters. The van der Waals surface area contributed by atoms with Gasteiger partial charge in [-0.05, 0) is 48.7 Å². The van der Waals surface area contributed by atoms with E-state index in [-0.39, 0.29) is 11.9 Å². The first-order chi connectivity index (χ1) is 15.0. The van der Waals surface area contributed by atoms with E-state index >= 15 is 0 Å². The molecule has 2 atom stereocenters. The molecular weight excluding hydrogens is 390 g/mol. The number of hydrogen-bond donors (Lipinski definition) is 3. The Bertz CT molecular complexity index is 1170. The van der Waals surface area contributed by atoms with Gasteiger partial charge in [0.05, 0.1) is 6.61 Å². The molecule has 0 aromatic heterocycles. The Morgan fingerprint density at radius 1 is 1.06 bits per heavy atom. The Labute approximate surface area is 181 Å². The van der Waals surface area contributed by atoms with Gasteiger partial charge >= 0.3 is 0 Å². The second-order valence-corrected chi connectivity index (χ2v) is 8.26. The smallest absolute Gasteiger partial charge is 0.224 e. The second-order valence-electron chi connectivity index (χ2n) is 8.26. The SMILES string of the molecule is CC(N)CCC(=O)Nc1ccc2c(c1)Oc1cc(N)ccc1C21OCc2ccccc21. The van der Waals surface area contributed by atoms with Crippen LogP contribution in [0.5, 0.6) is 11.5 Å². The summed E-state index contributed by atoms with van der Waals surface area (Å²) in [6, 6.07) is 19.6. The van der Waals surface area contributed by atoms with Gasteiger partial charge in [-0.15, -0.1) is 0 Å². The molecule has 2 aliphatic rings. The molecular formula is C25H25N3O3. The number of anilines is 2. The van der Waals surface area contributed by atoms with Crippen molar-refractivity contribution in [3.8, 4) is 11.5 Å². The molecule has 6 nitrogen and oxygen atoms in total. The normalized spacial score (nSPS) is 19.2. The maximum atomic E-state index is 12.3. The first kappa shape index (κ1) is 19.6. The predicted octanol–water partition coefficient (Wildman–Crippen LogP) is 4.26. The lowest BCUT2D eigenvalue weighted by Crippen LogP contribution is -2.32. The summed E-state index contributed by atoms with van der Waals surface area (Å²) in [7, 11) is 0. The molecule has 0 saturated heterocycles. The summed E-state index contributed by atoms with van der Waals surface area (Å²) >= 11 is 0. The number of carbonyl (C=O) groups excluding carboxylic acids is 1. The second kappa shape index (κ2) is 7.41. The predicted molar refractivity (Wildman–Crippen MR) is 120 cm³/mol. The minimum absolute atomic E-state index is 0.0148. The number of amides is 1. The lowest BCUT2D eigenvalue weighted by Gasteiger charge is -2.37. The van der Waals surface area contributed by atoms with E-state index in [4.69, 9.17) is 20.9 Å². The Morgan fingerprint density at radius 3 is 2.61 bits per heavy atom. The van der Waals surface area contributed by atoms with Gasteiger partial charge in [0.2, 0.25) is 5.91 Å². The van der Waals surface area contributed by atoms with Crippen molar-refractivity contribution in [2.24, 2.45) is 5.73 Å². The fourth-order valence-electron chi connectivity index (χ4n) is 4.43. The summed E-state index contributed by atoms with van der Waals surface area (Å²) in [4.78, 5) is 12.3. The standard InChI is InChI=1S/C25H25N3O3/c1-15(26)6-11-24(29)28-18-8-10-21-23(13-18)31-22-12-17(27)7-9-20(22)25(21)19-5-3-2-4-16(19)14-30-25/h2-5,7-10,12-13,15H,6,11,14,26-27H2,1H3,(H,28,29). The van der Waals surface area contributed by atoms with Gasteiger partial charge in [-0.1, -0.05) is 24.3 Å². The van der Waals surface area contributed by atoms with Crippen LogP contribution in [-0.2, 0) is 21.7 Å². The number of nitrogens with two attached hydrogens (primary N) is 2. The molecule has 1 spiro atoms. The quantitative estimate of drug-likeness (QED) is 0.553. The highest BCUT2D eigenvalue weighted by Crippen LogP contribution is 2.56. The topological polar surface area (TPSA) is 99.6 Å². The van der Waals surface area contributed by atoms with Crippen LogP contribution in [0.2, 0.25) is 0 Å². The van der Waals surface area contributed by atoms with Crippen LogP contribution in [0.3, 0.4) is 0 Å². The third-order valence-electron chi connectivity index (χ3n) is 5.92. The molecule has 2 heterocycles. The molecule has 3 aromatic rings. The van der Waals surface area contributed by atoms with E-state index < -0.39 is 5.60 Å². The van der Waals surface area contributed by atoms with E-state index in [9.17, 15) is 4.79 Å². The zero-order valence-corrected chi connectivity index (χ0v) is 17.4. The Kier molecular flexibility index (Phi) is 4.68. The average Bonchev–Trinajstić information content (AvgIpc) is 3.12. The summed E-state index contributed by atoms with van der Waals surface area (Å²) in [6.45, 7) is 2.40. The van der Waals surface area contributed by atoms with Crippen LogP contribution >= 0.6 is 0 Å². The van der Waals surface area contributed by atoms with Crippen LogP contribution < -0.4 is 21.5 Å². The zero-order chi connectivity index (χ0) is 21.6. The van der Waals surface area contributed by atoms with Gasteiger partial charge < -0.3 is 26.3 Å². The van der Waals surface area contributed by atoms with Crippen molar-refractivity contribution in [2.45, 2.75) is 38.0 Å². The molecule has 0 bridgehead atoms. The summed E-state index contributed by atoms with van der Waals surface area (Å²) in [5.41, 5.74) is 16.4. The number of rotatable bonds is 4. The molecule has 0 fully saturated rings. The van der Waals surface area contributed by atoms with Crippen LogP contribution in [0.25, 0.3) is 0 Å². The lowest BCUT2D eigenvalue weighted by atomic mass is 9.77. The van der Waals surface area contributed by atoms with Gasteiger partial charge in [0.1, 0.15) is 11.5 Å². The number of fused-ring (bicyclic) bond motifs is 6. The zero-order valence-electron chi connectivity index (χ0n) is 17.4. The fourth-order valence-corrected chi connectivity index (χ4v) is 4.43. The monoisotopic (exact) mass is 415 g/mol. The summed E-state index contributed by atoms with van der Waals surface area (Å²) in [5.74, 6) is 1.22. The number of hydrogen-bond acceptors (Lipinski definition) is 5. The molecule has 0 saturated carbocycles. The van der Waals surface area contributed by atoms with E-state index in [0.717, 1.165) is 22.3 Å². The van der Waals surface area contributed by atoms with Crippen molar-refractivity contribution in [2.75, 3.05) is 11.1 Å². The molecule has 0 radical (unpaired) electrons. The van der Waals surface area contributed by atoms with Crippen LogP contribution in [0.4, 0.5) is 11.4 Å². The third kappa shape index (κ3) is 3.24. The van der Waals surface area contributed by atoms with Gasteiger partial charge in [-0.2, -0.15) is 0 Å².